The molecule has 5 heteroatoms. The van der Waals surface area contributed by atoms with E-state index in [1.165, 1.54) is 37.8 Å². The average Bonchev–Trinajstić information content (AvgIpc) is 3.11. The molecule has 0 bridgehead atoms. The number of hydrogen-bond donors (Lipinski definition) is 0. The van der Waals surface area contributed by atoms with Crippen molar-refractivity contribution in [2.24, 2.45) is 0 Å². The number of hydrogen-bond acceptors (Lipinski definition) is 3. The monoisotopic (exact) mass is 333 g/mol. The van der Waals surface area contributed by atoms with Crippen molar-refractivity contribution in [3.8, 4) is 0 Å². The van der Waals surface area contributed by atoms with Gasteiger partial charge in [0.05, 0.1) is 0 Å². The van der Waals surface area contributed by atoms with E-state index in [-0.39, 0.29) is 17.8 Å². The minimum Gasteiger partial charge on any atom is -0.338 e. The van der Waals surface area contributed by atoms with E-state index in [0.717, 1.165) is 37.8 Å². The predicted octanol–water partition coefficient (Wildman–Crippen LogP) is 2.52. The second kappa shape index (κ2) is 7.62. The van der Waals surface area contributed by atoms with Gasteiger partial charge in [-0.05, 0) is 44.6 Å². The van der Waals surface area contributed by atoms with E-state index in [1.54, 1.807) is 12.1 Å². The summed E-state index contributed by atoms with van der Waals surface area (Å²) in [5, 5.41) is 0. The molecule has 0 spiro atoms. The van der Waals surface area contributed by atoms with Crippen LogP contribution in [-0.4, -0.2) is 66.9 Å². The highest BCUT2D eigenvalue weighted by molar-refractivity contribution is 5.83. The van der Waals surface area contributed by atoms with Gasteiger partial charge in [0.2, 0.25) is 5.91 Å². The molecule has 0 radical (unpaired) electrons. The zero-order valence-corrected chi connectivity index (χ0v) is 14.7. The third kappa shape index (κ3) is 3.78. The molecule has 2 fully saturated rings. The van der Waals surface area contributed by atoms with Gasteiger partial charge < -0.3 is 4.90 Å². The Labute approximate surface area is 144 Å². The summed E-state index contributed by atoms with van der Waals surface area (Å²) in [5.41, 5.74) is 0.852. The highest BCUT2D eigenvalue weighted by Crippen LogP contribution is 2.26. The SMILES string of the molecule is CN(C)[C@@H](C(=O)N1CCN(C2CCCC2)CC1)c1ccc(F)cc1. The van der Waals surface area contributed by atoms with Crippen LogP contribution in [-0.2, 0) is 4.79 Å². The molecule has 0 aromatic heterocycles. The van der Waals surface area contributed by atoms with Crippen molar-refractivity contribution < 1.29 is 9.18 Å². The van der Waals surface area contributed by atoms with Crippen molar-refractivity contribution in [2.75, 3.05) is 40.3 Å². The molecule has 2 aliphatic rings. The fourth-order valence-corrected chi connectivity index (χ4v) is 4.06. The third-order valence-corrected chi connectivity index (χ3v) is 5.40. The Kier molecular flexibility index (Phi) is 5.51. The van der Waals surface area contributed by atoms with Crippen LogP contribution in [0.1, 0.15) is 37.3 Å². The van der Waals surface area contributed by atoms with Gasteiger partial charge >= 0.3 is 0 Å². The molecule has 24 heavy (non-hydrogen) atoms. The minimum atomic E-state index is -0.344. The maximum atomic E-state index is 13.2. The van der Waals surface area contributed by atoms with Crippen LogP contribution in [0.5, 0.6) is 0 Å². The van der Waals surface area contributed by atoms with Crippen LogP contribution in [0.2, 0.25) is 0 Å². The molecule has 0 unspecified atom stereocenters. The molecular weight excluding hydrogens is 305 g/mol. The first-order chi connectivity index (χ1) is 11.6. The molecule has 1 aromatic carbocycles. The number of carbonyl (C=O) groups is 1. The van der Waals surface area contributed by atoms with Crippen LogP contribution in [0.15, 0.2) is 24.3 Å². The van der Waals surface area contributed by atoms with Gasteiger partial charge in [0, 0.05) is 32.2 Å². The molecule has 132 valence electrons. The van der Waals surface area contributed by atoms with Crippen molar-refractivity contribution in [1.29, 1.82) is 0 Å². The van der Waals surface area contributed by atoms with Gasteiger partial charge in [-0.2, -0.15) is 0 Å². The number of benzene rings is 1. The summed E-state index contributed by atoms with van der Waals surface area (Å²) in [6, 6.07) is 6.67. The lowest BCUT2D eigenvalue weighted by atomic mass is 10.0. The maximum absolute atomic E-state index is 13.2. The van der Waals surface area contributed by atoms with Gasteiger partial charge in [-0.3, -0.25) is 14.6 Å². The zero-order valence-electron chi connectivity index (χ0n) is 14.7. The molecule has 3 rings (SSSR count). The van der Waals surface area contributed by atoms with Crippen molar-refractivity contribution in [3.63, 3.8) is 0 Å². The van der Waals surface area contributed by atoms with Crippen molar-refractivity contribution in [2.45, 2.75) is 37.8 Å². The van der Waals surface area contributed by atoms with Crippen LogP contribution in [0.4, 0.5) is 4.39 Å². The molecular formula is C19H28FN3O. The van der Waals surface area contributed by atoms with Crippen LogP contribution >= 0.6 is 0 Å². The standard InChI is InChI=1S/C19H28FN3O/c1-21(2)18(15-7-9-16(20)10-8-15)19(24)23-13-11-22(12-14-23)17-5-3-4-6-17/h7-10,17-18H,3-6,11-14H2,1-2H3/t18-/m1/s1. The summed E-state index contributed by atoms with van der Waals surface area (Å²) < 4.78 is 13.2. The van der Waals surface area contributed by atoms with E-state index in [9.17, 15) is 9.18 Å². The first kappa shape index (κ1) is 17.4. The van der Waals surface area contributed by atoms with E-state index < -0.39 is 0 Å². The highest BCUT2D eigenvalue weighted by Gasteiger charge is 2.32. The molecule has 1 heterocycles. The molecule has 4 nitrogen and oxygen atoms in total. The molecule has 1 amide bonds. The lowest BCUT2D eigenvalue weighted by Crippen LogP contribution is -2.53. The molecule has 1 aliphatic carbocycles. The van der Waals surface area contributed by atoms with Gasteiger partial charge in [0.15, 0.2) is 0 Å². The van der Waals surface area contributed by atoms with E-state index in [2.05, 4.69) is 4.90 Å². The molecule has 1 aliphatic heterocycles. The molecule has 1 atom stereocenters. The summed E-state index contributed by atoms with van der Waals surface area (Å²) in [5.74, 6) is -0.147. The van der Waals surface area contributed by atoms with Crippen LogP contribution < -0.4 is 0 Å². The lowest BCUT2D eigenvalue weighted by molar-refractivity contribution is -0.138. The van der Waals surface area contributed by atoms with Gasteiger partial charge in [-0.1, -0.05) is 25.0 Å². The van der Waals surface area contributed by atoms with Gasteiger partial charge in [-0.15, -0.1) is 0 Å². The second-order valence-electron chi connectivity index (χ2n) is 7.22. The average molecular weight is 333 g/mol. The minimum absolute atomic E-state index is 0.123. The molecule has 0 N–H and O–H groups in total. The van der Waals surface area contributed by atoms with Gasteiger partial charge in [0.1, 0.15) is 11.9 Å². The number of piperazine rings is 1. The number of nitrogens with zero attached hydrogens (tertiary/aromatic N) is 3. The third-order valence-electron chi connectivity index (χ3n) is 5.40. The first-order valence-corrected chi connectivity index (χ1v) is 9.01. The summed E-state index contributed by atoms with van der Waals surface area (Å²) in [4.78, 5) is 19.5. The van der Waals surface area contributed by atoms with Crippen LogP contribution in [0.3, 0.4) is 0 Å². The first-order valence-electron chi connectivity index (χ1n) is 9.01. The Hall–Kier alpha value is -1.46. The van der Waals surface area contributed by atoms with E-state index in [1.807, 2.05) is 23.9 Å². The van der Waals surface area contributed by atoms with E-state index in [4.69, 9.17) is 0 Å². The Morgan fingerprint density at radius 1 is 1.08 bits per heavy atom. The summed E-state index contributed by atoms with van der Waals surface area (Å²) in [6.07, 6.45) is 5.31. The topological polar surface area (TPSA) is 26.8 Å². The summed E-state index contributed by atoms with van der Waals surface area (Å²) in [6.45, 7) is 3.53. The Morgan fingerprint density at radius 2 is 1.67 bits per heavy atom. The Bertz CT molecular complexity index is 546. The highest BCUT2D eigenvalue weighted by atomic mass is 19.1. The smallest absolute Gasteiger partial charge is 0.244 e. The molecule has 1 aromatic rings. The maximum Gasteiger partial charge on any atom is 0.244 e. The van der Waals surface area contributed by atoms with Gasteiger partial charge in [-0.25, -0.2) is 4.39 Å². The van der Waals surface area contributed by atoms with Crippen molar-refractivity contribution in [1.82, 2.24) is 14.7 Å². The lowest BCUT2D eigenvalue weighted by Gasteiger charge is -2.40. The largest absolute Gasteiger partial charge is 0.338 e. The fraction of sp³-hybridized carbons (Fsp3) is 0.632. The number of carbonyl (C=O) groups excluding carboxylic acids is 1. The number of halogens is 1. The number of rotatable bonds is 4. The van der Waals surface area contributed by atoms with E-state index in [0.29, 0.717) is 0 Å². The number of amides is 1. The summed E-state index contributed by atoms with van der Waals surface area (Å²) >= 11 is 0. The van der Waals surface area contributed by atoms with Crippen molar-refractivity contribution in [3.05, 3.63) is 35.6 Å². The molecule has 1 saturated carbocycles. The van der Waals surface area contributed by atoms with Crippen LogP contribution in [0.25, 0.3) is 0 Å². The number of likely N-dealkylation sites (N-methyl/N-ethyl adjacent to an activating group) is 1. The van der Waals surface area contributed by atoms with Crippen molar-refractivity contribution >= 4 is 5.91 Å². The fourth-order valence-electron chi connectivity index (χ4n) is 4.06. The van der Waals surface area contributed by atoms with Crippen LogP contribution in [0, 0.1) is 5.82 Å². The normalized spacial score (nSPS) is 21.4. The Balaban J connectivity index is 1.64. The quantitative estimate of drug-likeness (QED) is 0.847. The zero-order chi connectivity index (χ0) is 17.1. The van der Waals surface area contributed by atoms with Gasteiger partial charge in [0.25, 0.3) is 0 Å². The predicted molar refractivity (Wildman–Crippen MR) is 93.2 cm³/mol. The second-order valence-corrected chi connectivity index (χ2v) is 7.22. The Morgan fingerprint density at radius 3 is 2.21 bits per heavy atom. The summed E-state index contributed by atoms with van der Waals surface area (Å²) in [7, 11) is 3.81. The van der Waals surface area contributed by atoms with E-state index >= 15 is 0 Å². The molecule has 1 saturated heterocycles.